The minimum atomic E-state index is -0.799. The average molecular weight is 448 g/mol. The molecule has 0 saturated carbocycles. The second-order valence-electron chi connectivity index (χ2n) is 7.27. The molecule has 0 aliphatic carbocycles. The van der Waals surface area contributed by atoms with Crippen LogP contribution in [-0.4, -0.2) is 29.4 Å². The molecule has 32 heavy (non-hydrogen) atoms. The number of aryl methyl sites for hydroxylation is 1. The smallest absolute Gasteiger partial charge is 0.338 e. The topological polar surface area (TPSA) is 83.9 Å². The van der Waals surface area contributed by atoms with Gasteiger partial charge in [0.05, 0.1) is 28.7 Å². The lowest BCUT2D eigenvalue weighted by Gasteiger charge is -2.28. The number of amides is 1. The first-order chi connectivity index (χ1) is 15.4. The molecule has 0 fully saturated rings. The maximum Gasteiger partial charge on any atom is 0.338 e. The highest BCUT2D eigenvalue weighted by atomic mass is 32.1. The van der Waals surface area contributed by atoms with Gasteiger partial charge in [0.25, 0.3) is 5.91 Å². The first-order valence-electron chi connectivity index (χ1n) is 10.1. The molecule has 1 aliphatic heterocycles. The van der Waals surface area contributed by atoms with Crippen LogP contribution in [0.3, 0.4) is 0 Å². The van der Waals surface area contributed by atoms with Crippen molar-refractivity contribution in [3.63, 3.8) is 0 Å². The van der Waals surface area contributed by atoms with Crippen molar-refractivity contribution in [3.05, 3.63) is 98.9 Å². The summed E-state index contributed by atoms with van der Waals surface area (Å²) in [6.45, 7) is 3.87. The lowest BCUT2D eigenvalue weighted by molar-refractivity contribution is -0.117. The van der Waals surface area contributed by atoms with Crippen molar-refractivity contribution in [1.82, 2.24) is 0 Å². The summed E-state index contributed by atoms with van der Waals surface area (Å²) in [7, 11) is 0. The number of aliphatic hydroxyl groups is 1. The molecule has 1 aliphatic rings. The van der Waals surface area contributed by atoms with Crippen LogP contribution in [0.4, 0.5) is 5.69 Å². The highest BCUT2D eigenvalue weighted by Crippen LogP contribution is 2.43. The number of carbonyl (C=O) groups excluding carboxylic acids is 3. The fraction of sp³-hybridized carbons (Fsp3) is 0.160. The Kier molecular flexibility index (Phi) is 5.92. The van der Waals surface area contributed by atoms with E-state index in [1.54, 1.807) is 48.7 Å². The first kappa shape index (κ1) is 21.5. The monoisotopic (exact) mass is 447 g/mol. The second-order valence-corrected chi connectivity index (χ2v) is 8.22. The molecule has 2 heterocycles. The van der Waals surface area contributed by atoms with E-state index < -0.39 is 23.7 Å². The number of esters is 1. The van der Waals surface area contributed by atoms with Crippen LogP contribution in [0.25, 0.3) is 0 Å². The number of benzene rings is 2. The van der Waals surface area contributed by atoms with E-state index in [-0.39, 0.29) is 18.0 Å². The van der Waals surface area contributed by atoms with Crippen LogP contribution in [0.15, 0.2) is 77.4 Å². The zero-order valence-corrected chi connectivity index (χ0v) is 18.4. The summed E-state index contributed by atoms with van der Waals surface area (Å²) in [5, 5.41) is 12.6. The number of anilines is 1. The van der Waals surface area contributed by atoms with Crippen molar-refractivity contribution in [2.75, 3.05) is 11.5 Å². The average Bonchev–Trinajstić information content (AvgIpc) is 3.42. The highest BCUT2D eigenvalue weighted by molar-refractivity contribution is 7.12. The maximum absolute atomic E-state index is 13.3. The van der Waals surface area contributed by atoms with Crippen molar-refractivity contribution in [1.29, 1.82) is 0 Å². The van der Waals surface area contributed by atoms with E-state index in [0.717, 1.165) is 11.1 Å². The van der Waals surface area contributed by atoms with E-state index in [4.69, 9.17) is 4.74 Å². The number of thiophene rings is 1. The van der Waals surface area contributed by atoms with Gasteiger partial charge in [-0.15, -0.1) is 11.3 Å². The van der Waals surface area contributed by atoms with Gasteiger partial charge >= 0.3 is 5.97 Å². The van der Waals surface area contributed by atoms with Crippen LogP contribution >= 0.6 is 11.3 Å². The number of aliphatic hydroxyl groups excluding tert-OH is 1. The molecule has 1 amide bonds. The molecule has 0 radical (unpaired) electrons. The molecule has 0 bridgehead atoms. The molecule has 2 aromatic carbocycles. The van der Waals surface area contributed by atoms with Crippen LogP contribution < -0.4 is 4.90 Å². The lowest BCUT2D eigenvalue weighted by Crippen LogP contribution is -2.31. The molecule has 7 heteroatoms. The number of Topliss-reactive ketones (excluding diaryl/α,β-unsaturated/α-hetero) is 1. The van der Waals surface area contributed by atoms with E-state index in [0.29, 0.717) is 16.1 Å². The highest BCUT2D eigenvalue weighted by Gasteiger charge is 2.45. The zero-order valence-electron chi connectivity index (χ0n) is 17.6. The first-order valence-corrected chi connectivity index (χ1v) is 11.0. The molecular weight excluding hydrogens is 426 g/mol. The summed E-state index contributed by atoms with van der Waals surface area (Å²) >= 11 is 1.25. The third kappa shape index (κ3) is 3.71. The second kappa shape index (κ2) is 8.80. The lowest BCUT2D eigenvalue weighted by atomic mass is 9.92. The molecule has 1 atom stereocenters. The largest absolute Gasteiger partial charge is 0.503 e. The summed E-state index contributed by atoms with van der Waals surface area (Å²) in [4.78, 5) is 40.3. The number of hydrogen-bond donors (Lipinski definition) is 1. The molecular formula is C25H21NO5S. The molecule has 1 unspecified atom stereocenters. The maximum atomic E-state index is 13.3. The van der Waals surface area contributed by atoms with E-state index in [1.165, 1.54) is 16.2 Å². The third-order valence-corrected chi connectivity index (χ3v) is 6.21. The Balaban J connectivity index is 1.82. The molecule has 6 nitrogen and oxygen atoms in total. The molecule has 1 N–H and O–H groups in total. The van der Waals surface area contributed by atoms with Gasteiger partial charge in [0.15, 0.2) is 5.76 Å². The number of hydrogen-bond acceptors (Lipinski definition) is 6. The summed E-state index contributed by atoms with van der Waals surface area (Å²) in [6, 6.07) is 16.4. The van der Waals surface area contributed by atoms with Gasteiger partial charge < -0.3 is 9.84 Å². The summed E-state index contributed by atoms with van der Waals surface area (Å²) in [5.41, 5.74) is 2.46. The zero-order chi connectivity index (χ0) is 22.8. The Morgan fingerprint density at radius 1 is 1.06 bits per heavy atom. The SMILES string of the molecule is CCOC(=O)c1ccc(N2C(=O)C(O)=C(C(=O)c3cccs3)C2c2ccccc2C)cc1. The summed E-state index contributed by atoms with van der Waals surface area (Å²) in [5.74, 6) is -2.07. The van der Waals surface area contributed by atoms with Gasteiger partial charge in [-0.1, -0.05) is 30.3 Å². The normalized spacial score (nSPS) is 15.9. The molecule has 0 saturated heterocycles. The summed E-state index contributed by atoms with van der Waals surface area (Å²) in [6.07, 6.45) is 0. The minimum Gasteiger partial charge on any atom is -0.503 e. The fourth-order valence-electron chi connectivity index (χ4n) is 3.80. The van der Waals surface area contributed by atoms with E-state index in [2.05, 4.69) is 0 Å². The van der Waals surface area contributed by atoms with E-state index >= 15 is 0 Å². The standard InChI is InChI=1S/C25H21NO5S/c1-3-31-25(30)16-10-12-17(13-11-16)26-21(18-8-5-4-7-15(18)2)20(23(28)24(26)29)22(27)19-9-6-14-32-19/h4-14,21,28H,3H2,1-2H3. The number of ketones is 1. The van der Waals surface area contributed by atoms with Gasteiger partial charge in [0.2, 0.25) is 5.78 Å². The predicted octanol–water partition coefficient (Wildman–Crippen LogP) is 5.02. The Bertz CT molecular complexity index is 1210. The Labute approximate surface area is 189 Å². The Hall–Kier alpha value is -3.71. The van der Waals surface area contributed by atoms with Crippen molar-refractivity contribution in [2.24, 2.45) is 0 Å². The van der Waals surface area contributed by atoms with Crippen molar-refractivity contribution in [3.8, 4) is 0 Å². The summed E-state index contributed by atoms with van der Waals surface area (Å²) < 4.78 is 5.02. The van der Waals surface area contributed by atoms with Gasteiger partial charge in [0.1, 0.15) is 0 Å². The van der Waals surface area contributed by atoms with Crippen LogP contribution in [0.5, 0.6) is 0 Å². The molecule has 3 aromatic rings. The molecule has 4 rings (SSSR count). The Morgan fingerprint density at radius 2 is 1.78 bits per heavy atom. The number of nitrogens with zero attached hydrogens (tertiary/aromatic N) is 1. The molecule has 0 spiro atoms. The van der Waals surface area contributed by atoms with E-state index in [1.807, 2.05) is 31.2 Å². The van der Waals surface area contributed by atoms with Gasteiger partial charge in [-0.3, -0.25) is 14.5 Å². The van der Waals surface area contributed by atoms with Crippen molar-refractivity contribution < 1.29 is 24.2 Å². The minimum absolute atomic E-state index is 0.0428. The number of carbonyl (C=O) groups is 3. The molecule has 1 aromatic heterocycles. The van der Waals surface area contributed by atoms with Crippen LogP contribution in [0.1, 0.15) is 44.1 Å². The van der Waals surface area contributed by atoms with Gasteiger partial charge in [-0.2, -0.15) is 0 Å². The van der Waals surface area contributed by atoms with Crippen LogP contribution in [-0.2, 0) is 9.53 Å². The van der Waals surface area contributed by atoms with Gasteiger partial charge in [-0.25, -0.2) is 4.79 Å². The third-order valence-electron chi connectivity index (χ3n) is 5.34. The fourth-order valence-corrected chi connectivity index (χ4v) is 4.48. The molecule has 162 valence electrons. The number of ether oxygens (including phenoxy) is 1. The number of rotatable bonds is 6. The van der Waals surface area contributed by atoms with Crippen LogP contribution in [0, 0.1) is 6.92 Å². The predicted molar refractivity (Wildman–Crippen MR) is 122 cm³/mol. The van der Waals surface area contributed by atoms with Crippen molar-refractivity contribution >= 4 is 34.7 Å². The Morgan fingerprint density at radius 3 is 2.41 bits per heavy atom. The quantitative estimate of drug-likeness (QED) is 0.424. The van der Waals surface area contributed by atoms with Gasteiger partial charge in [0, 0.05) is 5.69 Å². The van der Waals surface area contributed by atoms with Crippen LogP contribution in [0.2, 0.25) is 0 Å². The van der Waals surface area contributed by atoms with Crippen molar-refractivity contribution in [2.45, 2.75) is 19.9 Å². The van der Waals surface area contributed by atoms with E-state index in [9.17, 15) is 19.5 Å². The van der Waals surface area contributed by atoms with Gasteiger partial charge in [-0.05, 0) is 60.7 Å².